The summed E-state index contributed by atoms with van der Waals surface area (Å²) in [7, 11) is 2.13. The van der Waals surface area contributed by atoms with E-state index in [4.69, 9.17) is 0 Å². The van der Waals surface area contributed by atoms with Gasteiger partial charge in [0.2, 0.25) is 0 Å². The predicted molar refractivity (Wildman–Crippen MR) is 59.7 cm³/mol. The lowest BCUT2D eigenvalue weighted by atomic mass is 9.93. The molecule has 0 bridgehead atoms. The molecule has 0 aliphatic heterocycles. The lowest BCUT2D eigenvalue weighted by molar-refractivity contribution is 0.103. The van der Waals surface area contributed by atoms with E-state index in [9.17, 15) is 0 Å². The molecular weight excluding hydrogens is 166 g/mol. The summed E-state index contributed by atoms with van der Waals surface area (Å²) < 4.78 is 0. The molecule has 0 fully saturated rings. The van der Waals surface area contributed by atoms with Crippen LogP contribution in [0.4, 0.5) is 0 Å². The van der Waals surface area contributed by atoms with Crippen molar-refractivity contribution in [3.63, 3.8) is 0 Å². The monoisotopic (exact) mass is 189 g/mol. The van der Waals surface area contributed by atoms with Crippen molar-refractivity contribution in [3.05, 3.63) is 0 Å². The van der Waals surface area contributed by atoms with Crippen LogP contribution in [-0.4, -0.2) is 22.9 Å². The lowest BCUT2D eigenvalue weighted by Gasteiger charge is -2.42. The van der Waals surface area contributed by atoms with Crippen LogP contribution in [-0.2, 0) is 0 Å². The summed E-state index contributed by atoms with van der Waals surface area (Å²) >= 11 is 4.62. The van der Waals surface area contributed by atoms with Crippen molar-refractivity contribution >= 4 is 12.6 Å². The predicted octanol–water partition coefficient (Wildman–Crippen LogP) is 3.02. The molecule has 0 saturated carbocycles. The van der Waals surface area contributed by atoms with Gasteiger partial charge in [0.15, 0.2) is 0 Å². The van der Waals surface area contributed by atoms with Gasteiger partial charge >= 0.3 is 0 Å². The number of rotatable bonds is 1. The van der Waals surface area contributed by atoms with Gasteiger partial charge < -0.3 is 0 Å². The van der Waals surface area contributed by atoms with Crippen molar-refractivity contribution < 1.29 is 0 Å². The van der Waals surface area contributed by atoms with Crippen molar-refractivity contribution in [2.45, 2.75) is 52.5 Å². The van der Waals surface area contributed by atoms with Crippen LogP contribution in [0.1, 0.15) is 41.5 Å². The van der Waals surface area contributed by atoms with Crippen molar-refractivity contribution in [3.8, 4) is 0 Å². The van der Waals surface area contributed by atoms with Gasteiger partial charge in [-0.25, -0.2) is 0 Å². The maximum Gasteiger partial charge on any atom is 0.0578 e. The molecule has 0 heterocycles. The van der Waals surface area contributed by atoms with Crippen LogP contribution in [0.25, 0.3) is 0 Å². The Morgan fingerprint density at radius 1 is 1.00 bits per heavy atom. The second kappa shape index (κ2) is 3.59. The molecule has 0 saturated heterocycles. The molecule has 74 valence electrons. The first-order valence-electron chi connectivity index (χ1n) is 4.48. The molecule has 0 aromatic carbocycles. The van der Waals surface area contributed by atoms with Crippen molar-refractivity contribution in [1.29, 1.82) is 0 Å². The van der Waals surface area contributed by atoms with Gasteiger partial charge in [-0.3, -0.25) is 4.90 Å². The Morgan fingerprint density at radius 3 is 1.42 bits per heavy atom. The maximum absolute atomic E-state index is 4.62. The Balaban J connectivity index is 4.41. The quantitative estimate of drug-likeness (QED) is 0.490. The third-order valence-corrected chi connectivity index (χ3v) is 3.32. The van der Waals surface area contributed by atoms with E-state index in [-0.39, 0.29) is 11.0 Å². The van der Waals surface area contributed by atoms with Gasteiger partial charge in [0.1, 0.15) is 0 Å². The highest BCUT2D eigenvalue weighted by Crippen LogP contribution is 2.30. The van der Waals surface area contributed by atoms with Gasteiger partial charge in [-0.2, -0.15) is 12.6 Å². The third-order valence-electron chi connectivity index (χ3n) is 2.20. The Hall–Kier alpha value is 0.310. The number of thiol groups is 1. The molecule has 0 rings (SSSR count). The van der Waals surface area contributed by atoms with E-state index < -0.39 is 0 Å². The van der Waals surface area contributed by atoms with Crippen LogP contribution in [0, 0.1) is 5.41 Å². The number of nitrogens with zero attached hydrogens (tertiary/aromatic N) is 1. The molecule has 1 nitrogen and oxygen atoms in total. The van der Waals surface area contributed by atoms with Crippen LogP contribution in [0.5, 0.6) is 0 Å². The largest absolute Gasteiger partial charge is 0.289 e. The van der Waals surface area contributed by atoms with Crippen molar-refractivity contribution in [2.75, 3.05) is 7.05 Å². The summed E-state index contributed by atoms with van der Waals surface area (Å²) in [6.07, 6.45) is 0. The number of hydrogen-bond acceptors (Lipinski definition) is 2. The van der Waals surface area contributed by atoms with Crippen LogP contribution >= 0.6 is 12.6 Å². The molecule has 0 radical (unpaired) electrons. The zero-order chi connectivity index (χ0) is 10.2. The fraction of sp³-hybridized carbons (Fsp3) is 1.00. The fourth-order valence-corrected chi connectivity index (χ4v) is 1.29. The molecule has 1 unspecified atom stereocenters. The molecule has 0 aromatic heterocycles. The Morgan fingerprint density at radius 2 is 1.33 bits per heavy atom. The van der Waals surface area contributed by atoms with Crippen LogP contribution in [0.2, 0.25) is 0 Å². The topological polar surface area (TPSA) is 3.24 Å². The third kappa shape index (κ3) is 3.36. The SMILES string of the molecule is CN(C(S)C(C)(C)C)C(C)(C)C. The van der Waals surface area contributed by atoms with Gasteiger partial charge in [0.05, 0.1) is 5.37 Å². The van der Waals surface area contributed by atoms with E-state index in [0.717, 1.165) is 0 Å². The van der Waals surface area contributed by atoms with Crippen molar-refractivity contribution in [1.82, 2.24) is 4.90 Å². The van der Waals surface area contributed by atoms with E-state index in [1.54, 1.807) is 0 Å². The summed E-state index contributed by atoms with van der Waals surface area (Å²) in [5.74, 6) is 0. The van der Waals surface area contributed by atoms with Crippen LogP contribution in [0.3, 0.4) is 0 Å². The van der Waals surface area contributed by atoms with E-state index in [1.165, 1.54) is 0 Å². The standard InChI is InChI=1S/C10H23NS/c1-9(2,3)8(12)11(7)10(4,5)6/h8,12H,1-7H3. The summed E-state index contributed by atoms with van der Waals surface area (Å²) in [4.78, 5) is 2.30. The van der Waals surface area contributed by atoms with Crippen molar-refractivity contribution in [2.24, 2.45) is 5.41 Å². The normalized spacial score (nSPS) is 16.8. The average Bonchev–Trinajstić information content (AvgIpc) is 1.80. The minimum Gasteiger partial charge on any atom is -0.289 e. The molecule has 0 aromatic rings. The highest BCUT2D eigenvalue weighted by molar-refractivity contribution is 7.80. The smallest absolute Gasteiger partial charge is 0.0578 e. The molecule has 0 aliphatic rings. The van der Waals surface area contributed by atoms with E-state index in [2.05, 4.69) is 66.1 Å². The lowest BCUT2D eigenvalue weighted by Crippen LogP contribution is -2.48. The molecular formula is C10H23NS. The minimum atomic E-state index is 0.194. The Bertz CT molecular complexity index is 123. The number of hydrogen-bond donors (Lipinski definition) is 1. The van der Waals surface area contributed by atoms with Crippen LogP contribution in [0.15, 0.2) is 0 Å². The van der Waals surface area contributed by atoms with Gasteiger partial charge in [0.25, 0.3) is 0 Å². The van der Waals surface area contributed by atoms with Gasteiger partial charge in [-0.05, 0) is 33.2 Å². The van der Waals surface area contributed by atoms with E-state index in [1.807, 2.05) is 0 Å². The first kappa shape index (κ1) is 12.3. The fourth-order valence-electron chi connectivity index (χ4n) is 0.948. The zero-order valence-corrected chi connectivity index (χ0v) is 10.4. The summed E-state index contributed by atoms with van der Waals surface area (Å²) in [6, 6.07) is 0. The van der Waals surface area contributed by atoms with Gasteiger partial charge in [-0.15, -0.1) is 0 Å². The first-order chi connectivity index (χ1) is 5.07. The molecule has 0 spiro atoms. The molecule has 0 aliphatic carbocycles. The van der Waals surface area contributed by atoms with Gasteiger partial charge in [0, 0.05) is 5.54 Å². The van der Waals surface area contributed by atoms with Crippen LogP contribution < -0.4 is 0 Å². The second-order valence-electron chi connectivity index (χ2n) is 5.52. The molecule has 12 heavy (non-hydrogen) atoms. The average molecular weight is 189 g/mol. The summed E-state index contributed by atoms with van der Waals surface area (Å²) in [6.45, 7) is 13.3. The minimum absolute atomic E-state index is 0.194. The van der Waals surface area contributed by atoms with E-state index in [0.29, 0.717) is 5.37 Å². The molecule has 0 amide bonds. The molecule has 0 N–H and O–H groups in total. The van der Waals surface area contributed by atoms with E-state index >= 15 is 0 Å². The summed E-state index contributed by atoms with van der Waals surface area (Å²) in [5, 5.41) is 0.303. The molecule has 1 atom stereocenters. The summed E-state index contributed by atoms with van der Waals surface area (Å²) in [5.41, 5.74) is 0.421. The maximum atomic E-state index is 4.62. The Labute approximate surface area is 82.9 Å². The zero-order valence-electron chi connectivity index (χ0n) is 9.47. The first-order valence-corrected chi connectivity index (χ1v) is 4.99. The Kier molecular flexibility index (Phi) is 3.68. The molecule has 2 heteroatoms. The highest BCUT2D eigenvalue weighted by Gasteiger charge is 2.30. The van der Waals surface area contributed by atoms with Gasteiger partial charge in [-0.1, -0.05) is 20.8 Å². The highest BCUT2D eigenvalue weighted by atomic mass is 32.1. The second-order valence-corrected chi connectivity index (χ2v) is 6.01.